The highest BCUT2D eigenvalue weighted by Gasteiger charge is 2.13. The van der Waals surface area contributed by atoms with E-state index in [9.17, 15) is 9.59 Å². The van der Waals surface area contributed by atoms with Gasteiger partial charge in [-0.25, -0.2) is 0 Å². The molecule has 1 N–H and O–H groups in total. The molecule has 0 fully saturated rings. The fourth-order valence-corrected chi connectivity index (χ4v) is 2.14. The summed E-state index contributed by atoms with van der Waals surface area (Å²) in [4.78, 5) is 22.8. The maximum Gasteiger partial charge on any atom is 0.287 e. The average Bonchev–Trinajstić information content (AvgIpc) is 2.54. The highest BCUT2D eigenvalue weighted by molar-refractivity contribution is 6.35. The van der Waals surface area contributed by atoms with Gasteiger partial charge in [0.25, 0.3) is 5.91 Å². The van der Waals surface area contributed by atoms with Crippen molar-refractivity contribution in [2.24, 2.45) is 0 Å². The van der Waals surface area contributed by atoms with Crippen molar-refractivity contribution in [3.8, 4) is 0 Å². The molecule has 4 heteroatoms. The summed E-state index contributed by atoms with van der Waals surface area (Å²) in [7, 11) is 0. The van der Waals surface area contributed by atoms with Crippen LogP contribution in [0.2, 0.25) is 0 Å². The van der Waals surface area contributed by atoms with E-state index < -0.39 is 11.7 Å². The van der Waals surface area contributed by atoms with Gasteiger partial charge in [0, 0.05) is 18.5 Å². The van der Waals surface area contributed by atoms with E-state index in [1.54, 1.807) is 6.92 Å². The first-order chi connectivity index (χ1) is 10.5. The molecular weight excluding hydrogens is 278 g/mol. The van der Waals surface area contributed by atoms with Crippen molar-refractivity contribution in [3.05, 3.63) is 52.8 Å². The van der Waals surface area contributed by atoms with Crippen molar-refractivity contribution in [1.82, 2.24) is 5.32 Å². The molecule has 1 heterocycles. The topological polar surface area (TPSA) is 55.4 Å². The molecule has 22 heavy (non-hydrogen) atoms. The Kier molecular flexibility index (Phi) is 5.15. The van der Waals surface area contributed by atoms with Gasteiger partial charge in [0.05, 0.1) is 0 Å². The standard InChI is InChI=1S/C18H21NO3/c1-4-16(20)18(21)19-11-14-6-5-7-15(10-14)17-9-8-12(2)13(3)22-17/h5-7,9-10H,4,8,11H2,1-3H3,(H,19,21). The average molecular weight is 299 g/mol. The van der Waals surface area contributed by atoms with E-state index in [4.69, 9.17) is 4.74 Å². The number of ketones is 1. The largest absolute Gasteiger partial charge is 0.462 e. The number of hydrogen-bond acceptors (Lipinski definition) is 3. The second-order valence-electron chi connectivity index (χ2n) is 5.37. The minimum absolute atomic E-state index is 0.220. The van der Waals surface area contributed by atoms with Crippen molar-refractivity contribution in [2.45, 2.75) is 40.2 Å². The number of carbonyl (C=O) groups excluding carboxylic acids is 2. The van der Waals surface area contributed by atoms with E-state index >= 15 is 0 Å². The van der Waals surface area contributed by atoms with Gasteiger partial charge in [0.2, 0.25) is 5.78 Å². The summed E-state index contributed by atoms with van der Waals surface area (Å²) >= 11 is 0. The molecule has 116 valence electrons. The summed E-state index contributed by atoms with van der Waals surface area (Å²) in [5.41, 5.74) is 3.13. The molecule has 1 aromatic rings. The molecule has 1 aliphatic rings. The Morgan fingerprint density at radius 3 is 2.73 bits per heavy atom. The summed E-state index contributed by atoms with van der Waals surface area (Å²) in [6.45, 7) is 6.02. The van der Waals surface area contributed by atoms with Crippen LogP contribution in [0, 0.1) is 0 Å². The summed E-state index contributed by atoms with van der Waals surface area (Å²) < 4.78 is 5.82. The lowest BCUT2D eigenvalue weighted by Gasteiger charge is -2.18. The van der Waals surface area contributed by atoms with E-state index in [0.717, 1.165) is 29.1 Å². The van der Waals surface area contributed by atoms with Crippen LogP contribution in [0.3, 0.4) is 0 Å². The Morgan fingerprint density at radius 2 is 2.05 bits per heavy atom. The van der Waals surface area contributed by atoms with E-state index in [1.807, 2.05) is 31.2 Å². The molecule has 0 spiro atoms. The van der Waals surface area contributed by atoms with E-state index in [0.29, 0.717) is 6.54 Å². The first-order valence-electron chi connectivity index (χ1n) is 7.46. The van der Waals surface area contributed by atoms with Gasteiger partial charge in [-0.05, 0) is 43.5 Å². The summed E-state index contributed by atoms with van der Waals surface area (Å²) in [6, 6.07) is 7.78. The van der Waals surface area contributed by atoms with Crippen molar-refractivity contribution < 1.29 is 14.3 Å². The highest BCUT2D eigenvalue weighted by atomic mass is 16.5. The molecule has 0 aliphatic carbocycles. The van der Waals surface area contributed by atoms with Crippen LogP contribution in [-0.4, -0.2) is 11.7 Å². The van der Waals surface area contributed by atoms with Crippen LogP contribution in [0.15, 0.2) is 41.7 Å². The van der Waals surface area contributed by atoms with Gasteiger partial charge >= 0.3 is 0 Å². The highest BCUT2D eigenvalue weighted by Crippen LogP contribution is 2.28. The number of hydrogen-bond donors (Lipinski definition) is 1. The molecule has 1 aromatic carbocycles. The number of Topliss-reactive ketones (excluding diaryl/α,β-unsaturated/α-hetero) is 1. The lowest BCUT2D eigenvalue weighted by molar-refractivity contribution is -0.137. The van der Waals surface area contributed by atoms with Crippen LogP contribution in [0.25, 0.3) is 5.76 Å². The van der Waals surface area contributed by atoms with Crippen LogP contribution in [0.1, 0.15) is 44.7 Å². The van der Waals surface area contributed by atoms with E-state index in [-0.39, 0.29) is 6.42 Å². The Bertz CT molecular complexity index is 656. The third-order valence-corrected chi connectivity index (χ3v) is 3.70. The molecule has 2 rings (SSSR count). The van der Waals surface area contributed by atoms with Gasteiger partial charge < -0.3 is 10.1 Å². The monoisotopic (exact) mass is 299 g/mol. The van der Waals surface area contributed by atoms with Crippen LogP contribution in [-0.2, 0) is 20.9 Å². The summed E-state index contributed by atoms with van der Waals surface area (Å²) in [6.07, 6.45) is 3.16. The molecule has 0 atom stereocenters. The van der Waals surface area contributed by atoms with Gasteiger partial charge in [-0.2, -0.15) is 0 Å². The van der Waals surface area contributed by atoms with Gasteiger partial charge in [0.15, 0.2) is 0 Å². The first kappa shape index (κ1) is 16.0. The Morgan fingerprint density at radius 1 is 1.27 bits per heavy atom. The second-order valence-corrected chi connectivity index (χ2v) is 5.37. The lowest BCUT2D eigenvalue weighted by atomic mass is 10.0. The van der Waals surface area contributed by atoms with Crippen LogP contribution < -0.4 is 5.32 Å². The number of amides is 1. The van der Waals surface area contributed by atoms with Crippen molar-refractivity contribution >= 4 is 17.4 Å². The van der Waals surface area contributed by atoms with Crippen LogP contribution in [0.4, 0.5) is 0 Å². The molecule has 0 saturated carbocycles. The molecule has 1 amide bonds. The molecule has 0 saturated heterocycles. The predicted molar refractivity (Wildman–Crippen MR) is 85.6 cm³/mol. The Hall–Kier alpha value is -2.36. The predicted octanol–water partition coefficient (Wildman–Crippen LogP) is 3.34. The number of allylic oxidation sites excluding steroid dienone is 3. The summed E-state index contributed by atoms with van der Waals surface area (Å²) in [5, 5.41) is 2.64. The number of ether oxygens (including phenoxy) is 1. The maximum absolute atomic E-state index is 11.5. The SMILES string of the molecule is CCC(=O)C(=O)NCc1cccc(C2=CCC(C)=C(C)O2)c1. The Balaban J connectivity index is 2.05. The molecule has 0 unspecified atom stereocenters. The minimum Gasteiger partial charge on any atom is -0.462 e. The van der Waals surface area contributed by atoms with Gasteiger partial charge in [-0.1, -0.05) is 25.1 Å². The third kappa shape index (κ3) is 3.85. The number of carbonyl (C=O) groups is 2. The van der Waals surface area contributed by atoms with Crippen molar-refractivity contribution in [3.63, 3.8) is 0 Å². The molecule has 0 radical (unpaired) electrons. The lowest BCUT2D eigenvalue weighted by Crippen LogP contribution is -2.29. The fraction of sp³-hybridized carbons (Fsp3) is 0.333. The van der Waals surface area contributed by atoms with E-state index in [1.165, 1.54) is 5.57 Å². The Labute approximate surface area is 130 Å². The zero-order valence-corrected chi connectivity index (χ0v) is 13.2. The van der Waals surface area contributed by atoms with Crippen molar-refractivity contribution in [1.29, 1.82) is 0 Å². The third-order valence-electron chi connectivity index (χ3n) is 3.70. The van der Waals surface area contributed by atoms with Gasteiger partial charge in [-0.15, -0.1) is 0 Å². The molecule has 4 nitrogen and oxygen atoms in total. The maximum atomic E-state index is 11.5. The van der Waals surface area contributed by atoms with Gasteiger partial charge in [0.1, 0.15) is 11.5 Å². The quantitative estimate of drug-likeness (QED) is 0.848. The van der Waals surface area contributed by atoms with Gasteiger partial charge in [-0.3, -0.25) is 9.59 Å². The van der Waals surface area contributed by atoms with Crippen molar-refractivity contribution in [2.75, 3.05) is 0 Å². The zero-order chi connectivity index (χ0) is 16.1. The first-order valence-corrected chi connectivity index (χ1v) is 7.46. The molecule has 0 aromatic heterocycles. The van der Waals surface area contributed by atoms with Crippen LogP contribution >= 0.6 is 0 Å². The summed E-state index contributed by atoms with van der Waals surface area (Å²) in [5.74, 6) is 0.840. The molecular formula is C18H21NO3. The minimum atomic E-state index is -0.532. The van der Waals surface area contributed by atoms with Crippen LogP contribution in [0.5, 0.6) is 0 Å². The molecule has 1 aliphatic heterocycles. The smallest absolute Gasteiger partial charge is 0.287 e. The number of nitrogens with one attached hydrogen (secondary N) is 1. The number of rotatable bonds is 5. The van der Waals surface area contributed by atoms with E-state index in [2.05, 4.69) is 18.3 Å². The normalized spacial score (nSPS) is 14.2. The fourth-order valence-electron chi connectivity index (χ4n) is 2.14. The zero-order valence-electron chi connectivity index (χ0n) is 13.2. The molecule has 0 bridgehead atoms. The number of benzene rings is 1. The second kappa shape index (κ2) is 7.07.